The van der Waals surface area contributed by atoms with Gasteiger partial charge in [-0.15, -0.1) is 0 Å². The molecule has 0 saturated heterocycles. The number of hydrogen-bond acceptors (Lipinski definition) is 7. The second-order valence-electron chi connectivity index (χ2n) is 5.10. The summed E-state index contributed by atoms with van der Waals surface area (Å²) in [5, 5.41) is 7.40. The summed E-state index contributed by atoms with van der Waals surface area (Å²) in [6.07, 6.45) is 7.23. The Balaban J connectivity index is 1.80. The van der Waals surface area contributed by atoms with Gasteiger partial charge >= 0.3 is 0 Å². The molecule has 1 aliphatic rings. The van der Waals surface area contributed by atoms with Crippen LogP contribution in [0.25, 0.3) is 5.95 Å². The molecule has 20 heavy (non-hydrogen) atoms. The van der Waals surface area contributed by atoms with E-state index in [2.05, 4.69) is 37.7 Å². The highest BCUT2D eigenvalue weighted by molar-refractivity contribution is 5.37. The van der Waals surface area contributed by atoms with Crippen LogP contribution in [0.4, 0.5) is 11.9 Å². The second kappa shape index (κ2) is 5.41. The molecule has 0 bridgehead atoms. The molecule has 2 aromatic rings. The summed E-state index contributed by atoms with van der Waals surface area (Å²) in [5.74, 6) is 7.49. The van der Waals surface area contributed by atoms with Gasteiger partial charge in [-0.05, 0) is 25.3 Å². The van der Waals surface area contributed by atoms with Gasteiger partial charge < -0.3 is 5.32 Å². The summed E-state index contributed by atoms with van der Waals surface area (Å²) in [6.45, 7) is 2.13. The molecule has 1 saturated carbocycles. The van der Waals surface area contributed by atoms with Crippen LogP contribution in [0.15, 0.2) is 18.5 Å². The van der Waals surface area contributed by atoms with Gasteiger partial charge in [-0.2, -0.15) is 20.1 Å². The van der Waals surface area contributed by atoms with Crippen molar-refractivity contribution in [2.75, 3.05) is 10.7 Å². The molecular formula is C12H18N8. The van der Waals surface area contributed by atoms with Crippen molar-refractivity contribution in [1.82, 2.24) is 24.7 Å². The van der Waals surface area contributed by atoms with Crippen LogP contribution in [0.2, 0.25) is 0 Å². The standard InChI is InChI=1S/C12H18N8/c1-8(7-9-3-4-9)15-10-16-11(19-13)18-12(17-10)20-6-2-5-14-20/h2,5-6,8-9H,3-4,7,13H2,1H3,(H2,15,16,17,18,19). The fraction of sp³-hybridized carbons (Fsp3) is 0.500. The Hall–Kier alpha value is -2.22. The van der Waals surface area contributed by atoms with Crippen LogP contribution in [0.3, 0.4) is 0 Å². The number of aromatic nitrogens is 5. The molecule has 1 fully saturated rings. The molecule has 4 N–H and O–H groups in total. The summed E-state index contributed by atoms with van der Waals surface area (Å²) >= 11 is 0. The third-order valence-electron chi connectivity index (χ3n) is 3.22. The van der Waals surface area contributed by atoms with Crippen molar-refractivity contribution >= 4 is 11.9 Å². The molecule has 1 atom stereocenters. The van der Waals surface area contributed by atoms with Crippen molar-refractivity contribution in [3.63, 3.8) is 0 Å². The molecule has 0 radical (unpaired) electrons. The lowest BCUT2D eigenvalue weighted by atomic mass is 10.2. The second-order valence-corrected chi connectivity index (χ2v) is 5.10. The topological polar surface area (TPSA) is 107 Å². The van der Waals surface area contributed by atoms with Crippen molar-refractivity contribution in [1.29, 1.82) is 0 Å². The van der Waals surface area contributed by atoms with Crippen LogP contribution in [-0.2, 0) is 0 Å². The fourth-order valence-electron chi connectivity index (χ4n) is 2.12. The molecule has 106 valence electrons. The van der Waals surface area contributed by atoms with Gasteiger partial charge in [0.1, 0.15) is 0 Å². The molecule has 0 spiro atoms. The van der Waals surface area contributed by atoms with Crippen LogP contribution in [0, 0.1) is 5.92 Å². The average molecular weight is 274 g/mol. The summed E-state index contributed by atoms with van der Waals surface area (Å²) < 4.78 is 1.57. The maximum Gasteiger partial charge on any atom is 0.257 e. The van der Waals surface area contributed by atoms with E-state index < -0.39 is 0 Å². The summed E-state index contributed by atoms with van der Waals surface area (Å²) in [7, 11) is 0. The Kier molecular flexibility index (Phi) is 3.46. The van der Waals surface area contributed by atoms with E-state index in [0.717, 1.165) is 12.3 Å². The Bertz CT molecular complexity index is 563. The van der Waals surface area contributed by atoms with Gasteiger partial charge in [-0.1, -0.05) is 12.8 Å². The third-order valence-corrected chi connectivity index (χ3v) is 3.22. The number of hydrazine groups is 1. The van der Waals surface area contributed by atoms with Crippen molar-refractivity contribution in [3.8, 4) is 5.95 Å². The SMILES string of the molecule is CC(CC1CC1)Nc1nc(NN)nc(-n2cccn2)n1. The van der Waals surface area contributed by atoms with Gasteiger partial charge in [-0.25, -0.2) is 10.5 Å². The Morgan fingerprint density at radius 2 is 2.15 bits per heavy atom. The summed E-state index contributed by atoms with van der Waals surface area (Å²) in [6, 6.07) is 2.13. The Morgan fingerprint density at radius 3 is 2.80 bits per heavy atom. The quantitative estimate of drug-likeness (QED) is 0.531. The number of nitrogens with one attached hydrogen (secondary N) is 2. The maximum atomic E-state index is 5.40. The van der Waals surface area contributed by atoms with Gasteiger partial charge in [0.25, 0.3) is 5.95 Å². The predicted molar refractivity (Wildman–Crippen MR) is 75.2 cm³/mol. The zero-order chi connectivity index (χ0) is 13.9. The van der Waals surface area contributed by atoms with Gasteiger partial charge in [0, 0.05) is 18.4 Å². The smallest absolute Gasteiger partial charge is 0.257 e. The first-order valence-corrected chi connectivity index (χ1v) is 6.74. The summed E-state index contributed by atoms with van der Waals surface area (Å²) in [4.78, 5) is 12.8. The van der Waals surface area contributed by atoms with Gasteiger partial charge in [0.05, 0.1) is 0 Å². The number of nitrogens with two attached hydrogens (primary N) is 1. The lowest BCUT2D eigenvalue weighted by molar-refractivity contribution is 0.636. The number of nitrogens with zero attached hydrogens (tertiary/aromatic N) is 5. The fourth-order valence-corrected chi connectivity index (χ4v) is 2.12. The molecule has 2 heterocycles. The molecule has 1 aliphatic carbocycles. The van der Waals surface area contributed by atoms with Crippen molar-refractivity contribution in [2.24, 2.45) is 11.8 Å². The molecular weight excluding hydrogens is 256 g/mol. The minimum atomic E-state index is 0.312. The highest BCUT2D eigenvalue weighted by Gasteiger charge is 2.24. The minimum absolute atomic E-state index is 0.312. The first-order chi connectivity index (χ1) is 9.74. The van der Waals surface area contributed by atoms with Crippen LogP contribution >= 0.6 is 0 Å². The number of nitrogen functional groups attached to an aromatic ring is 1. The molecule has 2 aromatic heterocycles. The minimum Gasteiger partial charge on any atom is -0.352 e. The van der Waals surface area contributed by atoms with Crippen LogP contribution < -0.4 is 16.6 Å². The van der Waals surface area contributed by atoms with E-state index in [-0.39, 0.29) is 0 Å². The lowest BCUT2D eigenvalue weighted by Gasteiger charge is -2.14. The predicted octanol–water partition coefficient (Wildman–Crippen LogP) is 0.943. The monoisotopic (exact) mass is 274 g/mol. The highest BCUT2D eigenvalue weighted by Crippen LogP contribution is 2.33. The number of anilines is 2. The van der Waals surface area contributed by atoms with Gasteiger partial charge in [0.15, 0.2) is 0 Å². The van der Waals surface area contributed by atoms with E-state index in [0.29, 0.717) is 23.9 Å². The van der Waals surface area contributed by atoms with Crippen LogP contribution in [0.5, 0.6) is 0 Å². The average Bonchev–Trinajstić information content (AvgIpc) is 3.08. The van der Waals surface area contributed by atoms with Crippen molar-refractivity contribution < 1.29 is 0 Å². The van der Waals surface area contributed by atoms with E-state index in [4.69, 9.17) is 5.84 Å². The molecule has 0 aromatic carbocycles. The molecule has 1 unspecified atom stereocenters. The number of hydrogen-bond donors (Lipinski definition) is 3. The largest absolute Gasteiger partial charge is 0.352 e. The lowest BCUT2D eigenvalue weighted by Crippen LogP contribution is -2.21. The molecule has 0 amide bonds. The van der Waals surface area contributed by atoms with E-state index in [9.17, 15) is 0 Å². The van der Waals surface area contributed by atoms with Crippen LogP contribution in [-0.4, -0.2) is 30.8 Å². The normalized spacial score (nSPS) is 15.9. The maximum absolute atomic E-state index is 5.40. The third kappa shape index (κ3) is 3.02. The van der Waals surface area contributed by atoms with Gasteiger partial charge in [-0.3, -0.25) is 5.43 Å². The highest BCUT2D eigenvalue weighted by atomic mass is 15.4. The van der Waals surface area contributed by atoms with E-state index in [1.165, 1.54) is 12.8 Å². The first-order valence-electron chi connectivity index (χ1n) is 6.74. The van der Waals surface area contributed by atoms with Gasteiger partial charge in [0.2, 0.25) is 11.9 Å². The molecule has 0 aliphatic heterocycles. The van der Waals surface area contributed by atoms with E-state index in [1.807, 2.05) is 6.07 Å². The van der Waals surface area contributed by atoms with Crippen molar-refractivity contribution in [3.05, 3.63) is 18.5 Å². The van der Waals surface area contributed by atoms with E-state index in [1.54, 1.807) is 17.1 Å². The zero-order valence-electron chi connectivity index (χ0n) is 11.3. The molecule has 8 heteroatoms. The van der Waals surface area contributed by atoms with Crippen LogP contribution in [0.1, 0.15) is 26.2 Å². The van der Waals surface area contributed by atoms with Crippen molar-refractivity contribution in [2.45, 2.75) is 32.2 Å². The molecule has 3 rings (SSSR count). The summed E-state index contributed by atoms with van der Waals surface area (Å²) in [5.41, 5.74) is 2.45. The number of rotatable bonds is 6. The zero-order valence-corrected chi connectivity index (χ0v) is 11.3. The molecule has 8 nitrogen and oxygen atoms in total. The first kappa shape index (κ1) is 12.8. The Labute approximate surface area is 116 Å². The Morgan fingerprint density at radius 1 is 1.35 bits per heavy atom. The van der Waals surface area contributed by atoms with E-state index >= 15 is 0 Å².